The van der Waals surface area contributed by atoms with Gasteiger partial charge < -0.3 is 19.6 Å². The van der Waals surface area contributed by atoms with Gasteiger partial charge in [0.05, 0.1) is 25.1 Å². The van der Waals surface area contributed by atoms with E-state index in [1.54, 1.807) is 48.6 Å². The number of hydrogen-bond acceptors (Lipinski definition) is 5. The van der Waals surface area contributed by atoms with Crippen molar-refractivity contribution in [3.8, 4) is 11.5 Å². The smallest absolute Gasteiger partial charge is 0.340 e. The molecule has 26 heavy (non-hydrogen) atoms. The van der Waals surface area contributed by atoms with Crippen molar-refractivity contribution >= 4 is 29.0 Å². The molecule has 0 aliphatic heterocycles. The number of carbonyl (C=O) groups is 1. The number of aromatic nitrogens is 2. The van der Waals surface area contributed by atoms with Crippen LogP contribution in [0.4, 0.5) is 0 Å². The second-order valence-corrected chi connectivity index (χ2v) is 5.37. The van der Waals surface area contributed by atoms with Gasteiger partial charge in [0.15, 0.2) is 11.5 Å². The highest BCUT2D eigenvalue weighted by Crippen LogP contribution is 2.34. The minimum Gasteiger partial charge on any atom is -0.493 e. The molecule has 132 valence electrons. The van der Waals surface area contributed by atoms with Crippen LogP contribution in [0.2, 0.25) is 0 Å². The van der Waals surface area contributed by atoms with Crippen LogP contribution in [-0.4, -0.2) is 35.3 Å². The third-order valence-electron chi connectivity index (χ3n) is 3.84. The summed E-state index contributed by atoms with van der Waals surface area (Å²) in [5.41, 5.74) is 0.653. The van der Waals surface area contributed by atoms with Crippen molar-refractivity contribution < 1.29 is 19.4 Å². The second-order valence-electron chi connectivity index (χ2n) is 5.37. The van der Waals surface area contributed by atoms with Crippen molar-refractivity contribution in [2.45, 2.75) is 0 Å². The van der Waals surface area contributed by atoms with E-state index >= 15 is 0 Å². The van der Waals surface area contributed by atoms with Crippen molar-refractivity contribution in [1.82, 2.24) is 9.97 Å². The lowest BCUT2D eigenvalue weighted by Crippen LogP contribution is -2.09. The Morgan fingerprint density at radius 2 is 1.88 bits per heavy atom. The average Bonchev–Trinajstić information content (AvgIpc) is 2.65. The van der Waals surface area contributed by atoms with E-state index < -0.39 is 5.97 Å². The maximum atomic E-state index is 12.1. The fraction of sp³-hybridized carbons (Fsp3) is 0.105. The molecular weight excluding hydrogens is 336 g/mol. The summed E-state index contributed by atoms with van der Waals surface area (Å²) >= 11 is 0. The lowest BCUT2D eigenvalue weighted by molar-refractivity contribution is 0.0692. The highest BCUT2D eigenvalue weighted by Gasteiger charge is 2.19. The Bertz CT molecular complexity index is 1070. The van der Waals surface area contributed by atoms with Gasteiger partial charge in [-0.3, -0.25) is 4.79 Å². The Hall–Kier alpha value is -3.61. The van der Waals surface area contributed by atoms with Crippen LogP contribution in [0.25, 0.3) is 23.1 Å². The van der Waals surface area contributed by atoms with Gasteiger partial charge in [-0.05, 0) is 29.8 Å². The van der Waals surface area contributed by atoms with Crippen molar-refractivity contribution in [3.05, 3.63) is 63.7 Å². The van der Waals surface area contributed by atoms with Crippen LogP contribution in [0.15, 0.2) is 41.2 Å². The number of H-pyrrole nitrogens is 1. The van der Waals surface area contributed by atoms with E-state index in [4.69, 9.17) is 9.47 Å². The van der Waals surface area contributed by atoms with Crippen LogP contribution in [-0.2, 0) is 0 Å². The second kappa shape index (κ2) is 7.10. The molecule has 0 bridgehead atoms. The summed E-state index contributed by atoms with van der Waals surface area (Å²) in [6.45, 7) is 0. The number of nitrogens with one attached hydrogen (secondary N) is 1. The zero-order valence-electron chi connectivity index (χ0n) is 14.1. The summed E-state index contributed by atoms with van der Waals surface area (Å²) in [6.07, 6.45) is 3.10. The minimum absolute atomic E-state index is 0.0359. The predicted molar refractivity (Wildman–Crippen MR) is 97.8 cm³/mol. The van der Waals surface area contributed by atoms with E-state index in [2.05, 4.69) is 9.97 Å². The minimum atomic E-state index is -1.15. The highest BCUT2D eigenvalue weighted by molar-refractivity contribution is 5.97. The number of nitrogens with zero attached hydrogens (tertiary/aromatic N) is 1. The SMILES string of the molecule is COc1ccc(/C=C/c2nc3ccccc3c(=O)[nH]2)c(C(=O)O)c1OC. The molecule has 3 rings (SSSR count). The number of para-hydroxylation sites is 1. The Kier molecular flexibility index (Phi) is 4.70. The molecule has 0 amide bonds. The van der Waals surface area contributed by atoms with E-state index in [-0.39, 0.29) is 16.9 Å². The fourth-order valence-electron chi connectivity index (χ4n) is 2.65. The Labute approximate surface area is 148 Å². The van der Waals surface area contributed by atoms with E-state index in [0.717, 1.165) is 0 Å². The molecule has 0 fully saturated rings. The molecule has 0 aliphatic rings. The molecule has 2 N–H and O–H groups in total. The Balaban J connectivity index is 2.09. The first kappa shape index (κ1) is 17.2. The fourth-order valence-corrected chi connectivity index (χ4v) is 2.65. The van der Waals surface area contributed by atoms with Crippen molar-refractivity contribution in [2.24, 2.45) is 0 Å². The van der Waals surface area contributed by atoms with E-state index in [1.165, 1.54) is 14.2 Å². The molecule has 3 aromatic rings. The lowest BCUT2D eigenvalue weighted by atomic mass is 10.0. The third kappa shape index (κ3) is 3.14. The topological polar surface area (TPSA) is 102 Å². The summed E-state index contributed by atoms with van der Waals surface area (Å²) in [5.74, 6) is -0.387. The molecular formula is C19H16N2O5. The van der Waals surface area contributed by atoms with Crippen LogP contribution >= 0.6 is 0 Å². The van der Waals surface area contributed by atoms with Gasteiger partial charge in [-0.25, -0.2) is 9.78 Å². The van der Waals surface area contributed by atoms with E-state index in [0.29, 0.717) is 28.0 Å². The Morgan fingerprint density at radius 3 is 2.58 bits per heavy atom. The van der Waals surface area contributed by atoms with E-state index in [1.807, 2.05) is 0 Å². The number of rotatable bonds is 5. The van der Waals surface area contributed by atoms with Crippen molar-refractivity contribution in [1.29, 1.82) is 0 Å². The first-order valence-corrected chi connectivity index (χ1v) is 7.70. The molecule has 0 aliphatic carbocycles. The number of fused-ring (bicyclic) bond motifs is 1. The molecule has 0 unspecified atom stereocenters. The van der Waals surface area contributed by atoms with Gasteiger partial charge in [0, 0.05) is 0 Å². The van der Waals surface area contributed by atoms with Gasteiger partial charge >= 0.3 is 5.97 Å². The van der Waals surface area contributed by atoms with Gasteiger partial charge in [0.2, 0.25) is 0 Å². The van der Waals surface area contributed by atoms with E-state index in [9.17, 15) is 14.7 Å². The quantitative estimate of drug-likeness (QED) is 0.732. The highest BCUT2D eigenvalue weighted by atomic mass is 16.5. The lowest BCUT2D eigenvalue weighted by Gasteiger charge is -2.12. The summed E-state index contributed by atoms with van der Waals surface area (Å²) in [6, 6.07) is 10.2. The number of ether oxygens (including phenoxy) is 2. The summed E-state index contributed by atoms with van der Waals surface area (Å²) in [5, 5.41) is 10.0. The number of aromatic carboxylic acids is 1. The number of carboxylic acids is 1. The van der Waals surface area contributed by atoms with Crippen LogP contribution in [0.1, 0.15) is 21.7 Å². The van der Waals surface area contributed by atoms with Crippen LogP contribution in [0.3, 0.4) is 0 Å². The standard InChI is InChI=1S/C19H16N2O5/c1-25-14-9-7-11(16(19(23)24)17(14)26-2)8-10-15-20-13-6-4-3-5-12(13)18(22)21-15/h3-10H,1-2H3,(H,23,24)(H,20,21,22)/b10-8+. The zero-order chi connectivity index (χ0) is 18.7. The molecule has 7 heteroatoms. The number of benzene rings is 2. The first-order chi connectivity index (χ1) is 12.5. The maximum absolute atomic E-state index is 12.1. The van der Waals surface area contributed by atoms with Crippen LogP contribution in [0, 0.1) is 0 Å². The molecule has 0 spiro atoms. The van der Waals surface area contributed by atoms with Gasteiger partial charge in [-0.1, -0.05) is 24.3 Å². The number of hydrogen-bond donors (Lipinski definition) is 2. The predicted octanol–water partition coefficient (Wildman–Crippen LogP) is 2.81. The average molecular weight is 352 g/mol. The largest absolute Gasteiger partial charge is 0.493 e. The third-order valence-corrected chi connectivity index (χ3v) is 3.84. The number of methoxy groups -OCH3 is 2. The number of carboxylic acid groups (broad SMARTS) is 1. The van der Waals surface area contributed by atoms with Crippen LogP contribution < -0.4 is 15.0 Å². The van der Waals surface area contributed by atoms with Gasteiger partial charge in [0.1, 0.15) is 11.4 Å². The monoisotopic (exact) mass is 352 g/mol. The van der Waals surface area contributed by atoms with Crippen molar-refractivity contribution in [2.75, 3.05) is 14.2 Å². The van der Waals surface area contributed by atoms with Crippen LogP contribution in [0.5, 0.6) is 11.5 Å². The molecule has 1 heterocycles. The molecule has 0 saturated heterocycles. The normalized spacial score (nSPS) is 11.0. The molecule has 1 aromatic heterocycles. The van der Waals surface area contributed by atoms with Crippen molar-refractivity contribution in [3.63, 3.8) is 0 Å². The Morgan fingerprint density at radius 1 is 1.12 bits per heavy atom. The maximum Gasteiger partial charge on any atom is 0.340 e. The summed E-state index contributed by atoms with van der Waals surface area (Å²) in [7, 11) is 2.81. The zero-order valence-corrected chi connectivity index (χ0v) is 14.1. The summed E-state index contributed by atoms with van der Waals surface area (Å²) in [4.78, 5) is 30.8. The molecule has 0 saturated carbocycles. The van der Waals surface area contributed by atoms with Gasteiger partial charge in [-0.2, -0.15) is 0 Å². The molecule has 2 aromatic carbocycles. The first-order valence-electron chi connectivity index (χ1n) is 7.70. The van der Waals surface area contributed by atoms with Gasteiger partial charge in [-0.15, -0.1) is 0 Å². The molecule has 0 atom stereocenters. The molecule has 7 nitrogen and oxygen atoms in total. The summed E-state index contributed by atoms with van der Waals surface area (Å²) < 4.78 is 10.3. The van der Waals surface area contributed by atoms with Gasteiger partial charge in [0.25, 0.3) is 5.56 Å². The molecule has 0 radical (unpaired) electrons. The number of aromatic amines is 1.